The van der Waals surface area contributed by atoms with E-state index in [1.807, 2.05) is 24.5 Å². The molecule has 1 saturated carbocycles. The largest absolute Gasteiger partial charge is 0.352 e. The number of amides is 1. The number of likely N-dealkylation sites (tertiary alicyclic amines) is 1. The number of carbonyl (C=O) groups is 1. The minimum Gasteiger partial charge on any atom is -0.352 e. The zero-order chi connectivity index (χ0) is 18.6. The molecule has 1 amide bonds. The highest BCUT2D eigenvalue weighted by Crippen LogP contribution is 2.33. The first-order valence-corrected chi connectivity index (χ1v) is 11.0. The van der Waals surface area contributed by atoms with Gasteiger partial charge in [0, 0.05) is 35.3 Å². The van der Waals surface area contributed by atoms with Crippen LogP contribution in [0.4, 0.5) is 0 Å². The van der Waals surface area contributed by atoms with E-state index in [0.29, 0.717) is 12.0 Å². The van der Waals surface area contributed by atoms with Gasteiger partial charge in [0.15, 0.2) is 0 Å². The van der Waals surface area contributed by atoms with Gasteiger partial charge in [0.2, 0.25) is 5.91 Å². The van der Waals surface area contributed by atoms with Crippen LogP contribution in [-0.4, -0.2) is 45.9 Å². The van der Waals surface area contributed by atoms with Gasteiger partial charge in [-0.1, -0.05) is 12.8 Å². The molecule has 5 nitrogen and oxygen atoms in total. The Bertz CT molecular complexity index is 749. The molecular weight excluding hydrogens is 356 g/mol. The van der Waals surface area contributed by atoms with Crippen molar-refractivity contribution in [3.8, 4) is 11.3 Å². The second kappa shape index (κ2) is 8.48. The highest BCUT2D eigenvalue weighted by molar-refractivity contribution is 7.10. The van der Waals surface area contributed by atoms with Crippen molar-refractivity contribution in [1.29, 1.82) is 0 Å². The molecule has 27 heavy (non-hydrogen) atoms. The van der Waals surface area contributed by atoms with E-state index in [2.05, 4.69) is 27.5 Å². The number of aromatic nitrogens is 2. The standard InChI is InChI=1S/C21H28N4OS/c1-15(20(26)23-18-4-2-3-5-18)25-12-8-17(9-13-25)21-24-19(14-27-21)16-6-10-22-11-7-16/h6-7,10-11,14-15,17-18H,2-5,8-9,12-13H2,1H3,(H,23,26). The molecule has 0 radical (unpaired) electrons. The van der Waals surface area contributed by atoms with Crippen molar-refractivity contribution in [2.75, 3.05) is 13.1 Å². The molecule has 4 rings (SSSR count). The van der Waals surface area contributed by atoms with E-state index >= 15 is 0 Å². The molecule has 6 heteroatoms. The first-order valence-electron chi connectivity index (χ1n) is 10.1. The van der Waals surface area contributed by atoms with Gasteiger partial charge in [0.05, 0.1) is 16.7 Å². The summed E-state index contributed by atoms with van der Waals surface area (Å²) in [6.07, 6.45) is 10.6. The minimum absolute atomic E-state index is 0.0322. The summed E-state index contributed by atoms with van der Waals surface area (Å²) in [4.78, 5) is 23.8. The van der Waals surface area contributed by atoms with Crippen LogP contribution in [0.5, 0.6) is 0 Å². The van der Waals surface area contributed by atoms with Crippen LogP contribution in [0.2, 0.25) is 0 Å². The van der Waals surface area contributed by atoms with Gasteiger partial charge in [-0.05, 0) is 57.8 Å². The van der Waals surface area contributed by atoms with Crippen LogP contribution in [-0.2, 0) is 4.79 Å². The van der Waals surface area contributed by atoms with Crippen molar-refractivity contribution >= 4 is 17.2 Å². The van der Waals surface area contributed by atoms with Crippen molar-refractivity contribution < 1.29 is 4.79 Å². The van der Waals surface area contributed by atoms with Gasteiger partial charge in [-0.2, -0.15) is 0 Å². The first kappa shape index (κ1) is 18.6. The van der Waals surface area contributed by atoms with Gasteiger partial charge < -0.3 is 5.32 Å². The molecule has 1 atom stereocenters. The van der Waals surface area contributed by atoms with Crippen LogP contribution in [0.15, 0.2) is 29.9 Å². The fraction of sp³-hybridized carbons (Fsp3) is 0.571. The molecule has 1 aliphatic heterocycles. The van der Waals surface area contributed by atoms with E-state index < -0.39 is 0 Å². The third-order valence-electron chi connectivity index (χ3n) is 6.01. The van der Waals surface area contributed by atoms with E-state index in [4.69, 9.17) is 4.98 Å². The molecule has 1 unspecified atom stereocenters. The molecule has 3 heterocycles. The molecule has 2 aromatic rings. The summed E-state index contributed by atoms with van der Waals surface area (Å²) in [5.74, 6) is 0.710. The van der Waals surface area contributed by atoms with E-state index in [1.54, 1.807) is 11.3 Å². The lowest BCUT2D eigenvalue weighted by Gasteiger charge is -2.35. The van der Waals surface area contributed by atoms with Crippen LogP contribution in [0.1, 0.15) is 56.4 Å². The number of nitrogens with one attached hydrogen (secondary N) is 1. The Morgan fingerprint density at radius 2 is 1.89 bits per heavy atom. The van der Waals surface area contributed by atoms with Crippen LogP contribution >= 0.6 is 11.3 Å². The van der Waals surface area contributed by atoms with Crippen LogP contribution in [0.25, 0.3) is 11.3 Å². The number of thiazole rings is 1. The number of nitrogens with zero attached hydrogens (tertiary/aromatic N) is 3. The number of piperidine rings is 1. The maximum atomic E-state index is 12.5. The Morgan fingerprint density at radius 1 is 1.19 bits per heavy atom. The smallest absolute Gasteiger partial charge is 0.237 e. The number of pyridine rings is 1. The third-order valence-corrected chi connectivity index (χ3v) is 7.01. The van der Waals surface area contributed by atoms with Gasteiger partial charge in [-0.15, -0.1) is 11.3 Å². The van der Waals surface area contributed by atoms with E-state index in [0.717, 1.165) is 50.0 Å². The molecule has 2 fully saturated rings. The van der Waals surface area contributed by atoms with Crippen molar-refractivity contribution in [3.63, 3.8) is 0 Å². The molecular formula is C21H28N4OS. The van der Waals surface area contributed by atoms with Crippen molar-refractivity contribution in [2.24, 2.45) is 0 Å². The number of carbonyl (C=O) groups excluding carboxylic acids is 1. The second-order valence-electron chi connectivity index (χ2n) is 7.78. The molecule has 1 N–H and O–H groups in total. The molecule has 0 spiro atoms. The van der Waals surface area contributed by atoms with E-state index in [-0.39, 0.29) is 11.9 Å². The molecule has 144 valence electrons. The first-order chi connectivity index (χ1) is 13.2. The van der Waals surface area contributed by atoms with E-state index in [1.165, 1.54) is 17.8 Å². The fourth-order valence-corrected chi connectivity index (χ4v) is 5.22. The summed E-state index contributed by atoms with van der Waals surface area (Å²) in [5, 5.41) is 6.62. The highest BCUT2D eigenvalue weighted by atomic mass is 32.1. The number of hydrogen-bond acceptors (Lipinski definition) is 5. The molecule has 2 aromatic heterocycles. The molecule has 2 aliphatic rings. The lowest BCUT2D eigenvalue weighted by molar-refractivity contribution is -0.127. The van der Waals surface area contributed by atoms with Crippen molar-refractivity contribution in [3.05, 3.63) is 34.9 Å². The quantitative estimate of drug-likeness (QED) is 0.851. The molecule has 1 saturated heterocycles. The summed E-state index contributed by atoms with van der Waals surface area (Å²) >= 11 is 1.76. The summed E-state index contributed by atoms with van der Waals surface area (Å²) in [6, 6.07) is 4.38. The summed E-state index contributed by atoms with van der Waals surface area (Å²) in [7, 11) is 0. The highest BCUT2D eigenvalue weighted by Gasteiger charge is 2.29. The maximum Gasteiger partial charge on any atom is 0.237 e. The van der Waals surface area contributed by atoms with Crippen LogP contribution in [0, 0.1) is 0 Å². The lowest BCUT2D eigenvalue weighted by Crippen LogP contribution is -2.49. The van der Waals surface area contributed by atoms with Gasteiger partial charge in [-0.3, -0.25) is 14.7 Å². The minimum atomic E-state index is -0.0322. The molecule has 0 aromatic carbocycles. The Balaban J connectivity index is 1.31. The van der Waals surface area contributed by atoms with Crippen LogP contribution < -0.4 is 5.32 Å². The maximum absolute atomic E-state index is 12.5. The van der Waals surface area contributed by atoms with Gasteiger partial charge >= 0.3 is 0 Å². The predicted octanol–water partition coefficient (Wildman–Crippen LogP) is 3.83. The summed E-state index contributed by atoms with van der Waals surface area (Å²) < 4.78 is 0. The molecule has 0 bridgehead atoms. The Hall–Kier alpha value is -1.79. The summed E-state index contributed by atoms with van der Waals surface area (Å²) in [5.41, 5.74) is 2.17. The number of rotatable bonds is 5. The van der Waals surface area contributed by atoms with Gasteiger partial charge in [-0.25, -0.2) is 4.98 Å². The lowest BCUT2D eigenvalue weighted by atomic mass is 9.96. The number of hydrogen-bond donors (Lipinski definition) is 1. The summed E-state index contributed by atoms with van der Waals surface area (Å²) in [6.45, 7) is 3.98. The zero-order valence-corrected chi connectivity index (χ0v) is 16.8. The Labute approximate surface area is 165 Å². The van der Waals surface area contributed by atoms with Gasteiger partial charge in [0.1, 0.15) is 0 Å². The van der Waals surface area contributed by atoms with Crippen molar-refractivity contribution in [2.45, 2.75) is 63.5 Å². The third kappa shape index (κ3) is 4.38. The van der Waals surface area contributed by atoms with E-state index in [9.17, 15) is 4.79 Å². The average molecular weight is 385 g/mol. The van der Waals surface area contributed by atoms with Crippen LogP contribution in [0.3, 0.4) is 0 Å². The Kier molecular flexibility index (Phi) is 5.83. The second-order valence-corrected chi connectivity index (χ2v) is 8.67. The zero-order valence-electron chi connectivity index (χ0n) is 15.9. The monoisotopic (exact) mass is 384 g/mol. The Morgan fingerprint density at radius 3 is 2.59 bits per heavy atom. The average Bonchev–Trinajstić information content (AvgIpc) is 3.40. The topological polar surface area (TPSA) is 58.1 Å². The fourth-order valence-electron chi connectivity index (χ4n) is 4.22. The van der Waals surface area contributed by atoms with Gasteiger partial charge in [0.25, 0.3) is 0 Å². The normalized spacial score (nSPS) is 20.6. The predicted molar refractivity (Wildman–Crippen MR) is 109 cm³/mol. The SMILES string of the molecule is CC(C(=O)NC1CCCC1)N1CCC(c2nc(-c3ccncc3)cs2)CC1. The molecule has 1 aliphatic carbocycles. The van der Waals surface area contributed by atoms with Crippen molar-refractivity contribution in [1.82, 2.24) is 20.2 Å².